The molecule has 0 aliphatic heterocycles. The van der Waals surface area contributed by atoms with Gasteiger partial charge < -0.3 is 10.1 Å². The first-order chi connectivity index (χ1) is 9.54. The minimum absolute atomic E-state index is 0.0744. The molecular formula is C15H13Cl2NO2. The van der Waals surface area contributed by atoms with Crippen LogP contribution >= 0.6 is 23.2 Å². The molecule has 5 heteroatoms. The van der Waals surface area contributed by atoms with Crippen LogP contribution in [0.5, 0.6) is 5.75 Å². The zero-order valence-corrected chi connectivity index (χ0v) is 12.3. The summed E-state index contributed by atoms with van der Waals surface area (Å²) in [6, 6.07) is 12.2. The second-order valence-corrected chi connectivity index (χ2v) is 5.13. The molecule has 0 atom stereocenters. The van der Waals surface area contributed by atoms with E-state index in [4.69, 9.17) is 27.9 Å². The number of ether oxygens (including phenoxy) is 1. The van der Waals surface area contributed by atoms with E-state index in [0.29, 0.717) is 21.5 Å². The monoisotopic (exact) mass is 309 g/mol. The van der Waals surface area contributed by atoms with Gasteiger partial charge in [-0.2, -0.15) is 0 Å². The summed E-state index contributed by atoms with van der Waals surface area (Å²) in [5.41, 5.74) is 1.52. The van der Waals surface area contributed by atoms with Crippen LogP contribution in [-0.4, -0.2) is 12.5 Å². The first-order valence-corrected chi connectivity index (χ1v) is 6.74. The maximum atomic E-state index is 11.8. The number of carbonyl (C=O) groups excluding carboxylic acids is 1. The second kappa shape index (κ2) is 6.64. The molecule has 3 nitrogen and oxygen atoms in total. The van der Waals surface area contributed by atoms with Gasteiger partial charge in [-0.05, 0) is 48.9 Å². The van der Waals surface area contributed by atoms with E-state index >= 15 is 0 Å². The number of halogens is 2. The summed E-state index contributed by atoms with van der Waals surface area (Å²) in [6.45, 7) is 1.80. The molecule has 20 heavy (non-hydrogen) atoms. The Bertz CT molecular complexity index is 629. The summed E-state index contributed by atoms with van der Waals surface area (Å²) in [5.74, 6) is 0.386. The number of amides is 1. The Hall–Kier alpha value is -1.71. The number of benzene rings is 2. The van der Waals surface area contributed by atoms with Gasteiger partial charge in [0.05, 0.1) is 0 Å². The van der Waals surface area contributed by atoms with Crippen molar-refractivity contribution < 1.29 is 9.53 Å². The highest BCUT2D eigenvalue weighted by molar-refractivity contribution is 6.31. The van der Waals surface area contributed by atoms with Crippen molar-refractivity contribution in [2.45, 2.75) is 6.92 Å². The highest BCUT2D eigenvalue weighted by atomic mass is 35.5. The van der Waals surface area contributed by atoms with Gasteiger partial charge in [-0.1, -0.05) is 29.3 Å². The van der Waals surface area contributed by atoms with Crippen molar-refractivity contribution in [2.75, 3.05) is 11.9 Å². The van der Waals surface area contributed by atoms with E-state index in [1.165, 1.54) is 0 Å². The summed E-state index contributed by atoms with van der Waals surface area (Å²) in [4.78, 5) is 11.8. The van der Waals surface area contributed by atoms with Gasteiger partial charge in [-0.3, -0.25) is 4.79 Å². The third kappa shape index (κ3) is 4.15. The van der Waals surface area contributed by atoms with E-state index in [9.17, 15) is 4.79 Å². The SMILES string of the molecule is Cc1cc(Cl)ccc1OCC(=O)Nc1cccc(Cl)c1. The van der Waals surface area contributed by atoms with E-state index in [2.05, 4.69) is 5.32 Å². The molecule has 0 spiro atoms. The molecule has 2 aromatic rings. The van der Waals surface area contributed by atoms with Crippen LogP contribution in [0.4, 0.5) is 5.69 Å². The van der Waals surface area contributed by atoms with Crippen molar-refractivity contribution in [2.24, 2.45) is 0 Å². The van der Waals surface area contributed by atoms with Gasteiger partial charge in [-0.15, -0.1) is 0 Å². The second-order valence-electron chi connectivity index (χ2n) is 4.26. The van der Waals surface area contributed by atoms with Crippen LogP contribution < -0.4 is 10.1 Å². The number of aryl methyl sites for hydroxylation is 1. The lowest BCUT2D eigenvalue weighted by atomic mass is 10.2. The maximum Gasteiger partial charge on any atom is 0.262 e. The summed E-state index contributed by atoms with van der Waals surface area (Å²) in [7, 11) is 0. The Labute approximate surface area is 127 Å². The molecule has 0 aromatic heterocycles. The molecule has 0 aliphatic carbocycles. The molecule has 0 fully saturated rings. The van der Waals surface area contributed by atoms with Gasteiger partial charge in [0.2, 0.25) is 0 Å². The van der Waals surface area contributed by atoms with E-state index in [-0.39, 0.29) is 12.5 Å². The Balaban J connectivity index is 1.92. The Morgan fingerprint density at radius 3 is 2.60 bits per heavy atom. The molecule has 1 amide bonds. The fourth-order valence-electron chi connectivity index (χ4n) is 1.68. The highest BCUT2D eigenvalue weighted by Crippen LogP contribution is 2.21. The van der Waals surface area contributed by atoms with Gasteiger partial charge in [0.1, 0.15) is 5.75 Å². The lowest BCUT2D eigenvalue weighted by Gasteiger charge is -2.10. The van der Waals surface area contributed by atoms with Crippen LogP contribution in [0.15, 0.2) is 42.5 Å². The minimum Gasteiger partial charge on any atom is -0.483 e. The fraction of sp³-hybridized carbons (Fsp3) is 0.133. The first kappa shape index (κ1) is 14.7. The predicted octanol–water partition coefficient (Wildman–Crippen LogP) is 4.32. The molecule has 104 valence electrons. The van der Waals surface area contributed by atoms with Gasteiger partial charge >= 0.3 is 0 Å². The van der Waals surface area contributed by atoms with Crippen molar-refractivity contribution in [1.82, 2.24) is 0 Å². The van der Waals surface area contributed by atoms with Crippen LogP contribution in [-0.2, 0) is 4.79 Å². The Kier molecular flexibility index (Phi) is 4.88. The number of hydrogen-bond donors (Lipinski definition) is 1. The molecule has 0 heterocycles. The number of hydrogen-bond acceptors (Lipinski definition) is 2. The predicted molar refractivity (Wildman–Crippen MR) is 81.8 cm³/mol. The van der Waals surface area contributed by atoms with E-state index < -0.39 is 0 Å². The average molecular weight is 310 g/mol. The molecule has 0 bridgehead atoms. The summed E-state index contributed by atoms with van der Waals surface area (Å²) >= 11 is 11.7. The normalized spacial score (nSPS) is 10.2. The maximum absolute atomic E-state index is 11.8. The van der Waals surface area contributed by atoms with Crippen molar-refractivity contribution in [3.63, 3.8) is 0 Å². The quantitative estimate of drug-likeness (QED) is 0.913. The number of carbonyl (C=O) groups is 1. The molecule has 0 unspecified atom stereocenters. The summed E-state index contributed by atoms with van der Waals surface area (Å²) < 4.78 is 5.45. The van der Waals surface area contributed by atoms with Gasteiger partial charge in [0.15, 0.2) is 6.61 Å². The van der Waals surface area contributed by atoms with Gasteiger partial charge in [-0.25, -0.2) is 0 Å². The number of nitrogens with one attached hydrogen (secondary N) is 1. The first-order valence-electron chi connectivity index (χ1n) is 5.99. The molecule has 2 aromatic carbocycles. The van der Waals surface area contributed by atoms with E-state index in [1.807, 2.05) is 6.92 Å². The zero-order valence-electron chi connectivity index (χ0n) is 10.8. The van der Waals surface area contributed by atoms with Crippen LogP contribution in [0.1, 0.15) is 5.56 Å². The van der Waals surface area contributed by atoms with Crippen LogP contribution in [0.3, 0.4) is 0 Å². The third-order valence-electron chi connectivity index (χ3n) is 2.60. The largest absolute Gasteiger partial charge is 0.483 e. The Morgan fingerprint density at radius 1 is 1.15 bits per heavy atom. The molecule has 0 saturated heterocycles. The van der Waals surface area contributed by atoms with Crippen LogP contribution in [0.25, 0.3) is 0 Å². The molecule has 0 aliphatic rings. The minimum atomic E-state index is -0.249. The molecule has 0 radical (unpaired) electrons. The fourth-order valence-corrected chi connectivity index (χ4v) is 2.10. The average Bonchev–Trinajstić information content (AvgIpc) is 2.37. The van der Waals surface area contributed by atoms with Crippen LogP contribution in [0, 0.1) is 6.92 Å². The molecule has 0 saturated carbocycles. The standard InChI is InChI=1S/C15H13Cl2NO2/c1-10-7-12(17)5-6-14(10)20-9-15(19)18-13-4-2-3-11(16)8-13/h2-8H,9H2,1H3,(H,18,19). The van der Waals surface area contributed by atoms with Gasteiger partial charge in [0.25, 0.3) is 5.91 Å². The van der Waals surface area contributed by atoms with Crippen LogP contribution in [0.2, 0.25) is 10.0 Å². The van der Waals surface area contributed by atoms with E-state index in [1.54, 1.807) is 42.5 Å². The summed E-state index contributed by atoms with van der Waals surface area (Å²) in [5, 5.41) is 3.91. The molecular weight excluding hydrogens is 297 g/mol. The lowest BCUT2D eigenvalue weighted by molar-refractivity contribution is -0.118. The number of anilines is 1. The number of rotatable bonds is 4. The lowest BCUT2D eigenvalue weighted by Crippen LogP contribution is -2.20. The van der Waals surface area contributed by atoms with Crippen molar-refractivity contribution in [1.29, 1.82) is 0 Å². The third-order valence-corrected chi connectivity index (χ3v) is 3.07. The molecule has 1 N–H and O–H groups in total. The van der Waals surface area contributed by atoms with Crippen molar-refractivity contribution >= 4 is 34.8 Å². The highest BCUT2D eigenvalue weighted by Gasteiger charge is 2.06. The summed E-state index contributed by atoms with van der Waals surface area (Å²) in [6.07, 6.45) is 0. The van der Waals surface area contributed by atoms with Crippen molar-refractivity contribution in [3.8, 4) is 5.75 Å². The van der Waals surface area contributed by atoms with Crippen molar-refractivity contribution in [3.05, 3.63) is 58.1 Å². The van der Waals surface area contributed by atoms with E-state index in [0.717, 1.165) is 5.56 Å². The molecule has 2 rings (SSSR count). The zero-order chi connectivity index (χ0) is 14.5. The van der Waals surface area contributed by atoms with Gasteiger partial charge in [0, 0.05) is 15.7 Å². The Morgan fingerprint density at radius 2 is 1.90 bits per heavy atom. The topological polar surface area (TPSA) is 38.3 Å². The smallest absolute Gasteiger partial charge is 0.262 e.